The van der Waals surface area contributed by atoms with Gasteiger partial charge in [-0.05, 0) is 87.7 Å². The zero-order valence-corrected chi connectivity index (χ0v) is 28.6. The van der Waals surface area contributed by atoms with Crippen LogP contribution >= 0.6 is 23.1 Å². The van der Waals surface area contributed by atoms with E-state index in [1.165, 1.54) is 47.4 Å². The number of carbonyl (C=O) groups excluding carboxylic acids is 4. The van der Waals surface area contributed by atoms with E-state index in [4.69, 9.17) is 9.47 Å². The number of ether oxygens (including phenoxy) is 2. The lowest BCUT2D eigenvalue weighted by Crippen LogP contribution is -2.39. The first-order valence-corrected chi connectivity index (χ1v) is 17.1. The van der Waals surface area contributed by atoms with E-state index in [-0.39, 0.29) is 19.1 Å². The van der Waals surface area contributed by atoms with Gasteiger partial charge >= 0.3 is 12.1 Å². The molecule has 1 unspecified atom stereocenters. The molecule has 0 bridgehead atoms. The molecule has 4 aromatic rings. The van der Waals surface area contributed by atoms with Crippen molar-refractivity contribution in [1.82, 2.24) is 4.90 Å². The Kier molecular flexibility index (Phi) is 10.9. The molecule has 0 saturated heterocycles. The lowest BCUT2D eigenvalue weighted by atomic mass is 10.0. The monoisotopic (exact) mass is 689 g/mol. The summed E-state index contributed by atoms with van der Waals surface area (Å²) >= 11 is 2.53. The molecule has 1 aliphatic heterocycles. The zero-order chi connectivity index (χ0) is 34.4. The third kappa shape index (κ3) is 8.61. The van der Waals surface area contributed by atoms with E-state index >= 15 is 0 Å². The van der Waals surface area contributed by atoms with E-state index in [0.29, 0.717) is 39.7 Å². The summed E-state index contributed by atoms with van der Waals surface area (Å²) in [5.74, 6) is -1.73. The Labute approximate surface area is 286 Å². The maximum atomic E-state index is 14.1. The van der Waals surface area contributed by atoms with Gasteiger partial charge in [-0.1, -0.05) is 36.4 Å². The van der Waals surface area contributed by atoms with Gasteiger partial charge in [-0.2, -0.15) is 0 Å². The minimum absolute atomic E-state index is 0.164. The molecule has 250 valence electrons. The Morgan fingerprint density at radius 1 is 0.979 bits per heavy atom. The quantitative estimate of drug-likeness (QED) is 0.135. The predicted molar refractivity (Wildman–Crippen MR) is 185 cm³/mol. The highest BCUT2D eigenvalue weighted by molar-refractivity contribution is 8.00. The van der Waals surface area contributed by atoms with Crippen molar-refractivity contribution in [3.63, 3.8) is 0 Å². The molecule has 9 nitrogen and oxygen atoms in total. The molecule has 1 atom stereocenters. The van der Waals surface area contributed by atoms with Gasteiger partial charge < -0.3 is 25.0 Å². The molecule has 0 saturated carbocycles. The third-order valence-corrected chi connectivity index (χ3v) is 9.60. The molecular formula is C36H36FN3O6S2. The second-order valence-corrected chi connectivity index (χ2v) is 14.3. The predicted octanol–water partition coefficient (Wildman–Crippen LogP) is 8.08. The Balaban J connectivity index is 1.40. The number of hydrogen-bond acceptors (Lipinski definition) is 8. The number of benzene rings is 3. The average molecular weight is 690 g/mol. The van der Waals surface area contributed by atoms with Crippen molar-refractivity contribution in [3.05, 3.63) is 112 Å². The molecular weight excluding hydrogens is 654 g/mol. The molecule has 0 fully saturated rings. The molecule has 3 aromatic carbocycles. The maximum Gasteiger partial charge on any atom is 0.410 e. The van der Waals surface area contributed by atoms with Crippen LogP contribution in [0.15, 0.2) is 83.8 Å². The average Bonchev–Trinajstić information content (AvgIpc) is 3.41. The van der Waals surface area contributed by atoms with E-state index in [0.717, 1.165) is 16.0 Å². The van der Waals surface area contributed by atoms with Crippen molar-refractivity contribution in [2.75, 3.05) is 23.8 Å². The normalized spacial score (nSPS) is 13.2. The van der Waals surface area contributed by atoms with Gasteiger partial charge in [0, 0.05) is 27.6 Å². The van der Waals surface area contributed by atoms with Crippen molar-refractivity contribution < 1.29 is 33.0 Å². The maximum absolute atomic E-state index is 14.1. The highest BCUT2D eigenvalue weighted by Gasteiger charge is 2.34. The fourth-order valence-corrected chi connectivity index (χ4v) is 7.40. The first-order valence-electron chi connectivity index (χ1n) is 15.4. The van der Waals surface area contributed by atoms with Crippen LogP contribution < -0.4 is 10.6 Å². The fourth-order valence-electron chi connectivity index (χ4n) is 5.06. The summed E-state index contributed by atoms with van der Waals surface area (Å²) < 4.78 is 24.3. The lowest BCUT2D eigenvalue weighted by Gasteiger charge is -2.30. The Morgan fingerprint density at radius 2 is 1.71 bits per heavy atom. The van der Waals surface area contributed by atoms with Crippen LogP contribution in [0.5, 0.6) is 0 Å². The van der Waals surface area contributed by atoms with Crippen LogP contribution in [-0.4, -0.2) is 47.5 Å². The van der Waals surface area contributed by atoms with E-state index in [1.807, 2.05) is 36.4 Å². The minimum Gasteiger partial charge on any atom is -0.462 e. The summed E-state index contributed by atoms with van der Waals surface area (Å²) in [6.07, 6.45) is -0.0380. The van der Waals surface area contributed by atoms with Crippen molar-refractivity contribution in [3.8, 4) is 0 Å². The van der Waals surface area contributed by atoms with Crippen LogP contribution in [0.3, 0.4) is 0 Å². The Morgan fingerprint density at radius 3 is 2.40 bits per heavy atom. The molecule has 0 radical (unpaired) electrons. The topological polar surface area (TPSA) is 114 Å². The number of anilines is 2. The van der Waals surface area contributed by atoms with Gasteiger partial charge in [0.05, 0.1) is 18.7 Å². The van der Waals surface area contributed by atoms with Gasteiger partial charge in [0.15, 0.2) is 0 Å². The van der Waals surface area contributed by atoms with Gasteiger partial charge in [-0.15, -0.1) is 23.1 Å². The number of esters is 1. The first-order chi connectivity index (χ1) is 22.9. The summed E-state index contributed by atoms with van der Waals surface area (Å²) in [5, 5.41) is 5.45. The summed E-state index contributed by atoms with van der Waals surface area (Å²) in [6.45, 7) is 7.90. The van der Waals surface area contributed by atoms with Crippen molar-refractivity contribution in [2.24, 2.45) is 0 Å². The second-order valence-electron chi connectivity index (χ2n) is 12.0. The largest absolute Gasteiger partial charge is 0.462 e. The second kappa shape index (κ2) is 15.0. The van der Waals surface area contributed by atoms with Crippen LogP contribution in [0.2, 0.25) is 0 Å². The highest BCUT2D eigenvalue weighted by atomic mass is 32.2. The number of carbonyl (C=O) groups is 4. The number of thiophene rings is 1. The smallest absolute Gasteiger partial charge is 0.410 e. The molecule has 12 heteroatoms. The zero-order valence-electron chi connectivity index (χ0n) is 27.0. The number of fused-ring (bicyclic) bond motifs is 1. The number of amides is 3. The first kappa shape index (κ1) is 34.6. The third-order valence-electron chi connectivity index (χ3n) is 7.22. The number of halogens is 1. The summed E-state index contributed by atoms with van der Waals surface area (Å²) in [4.78, 5) is 56.0. The van der Waals surface area contributed by atoms with Gasteiger partial charge in [0.1, 0.15) is 21.7 Å². The van der Waals surface area contributed by atoms with Gasteiger partial charge in [-0.3, -0.25) is 9.59 Å². The van der Waals surface area contributed by atoms with E-state index in [9.17, 15) is 23.6 Å². The number of nitrogens with zero attached hydrogens (tertiary/aromatic N) is 1. The number of thioether (sulfide) groups is 1. The highest BCUT2D eigenvalue weighted by Crippen LogP contribution is 2.41. The summed E-state index contributed by atoms with van der Waals surface area (Å²) in [7, 11) is 0. The van der Waals surface area contributed by atoms with E-state index in [2.05, 4.69) is 10.6 Å². The van der Waals surface area contributed by atoms with Crippen LogP contribution in [0.25, 0.3) is 0 Å². The Hall–Kier alpha value is -4.68. The fraction of sp³-hybridized carbons (Fsp3) is 0.278. The van der Waals surface area contributed by atoms with Crippen LogP contribution in [0.1, 0.15) is 69.7 Å². The number of hydrogen-bond donors (Lipinski definition) is 2. The van der Waals surface area contributed by atoms with Crippen molar-refractivity contribution in [2.45, 2.75) is 56.4 Å². The molecule has 1 aromatic heterocycles. The molecule has 1 aliphatic rings. The number of rotatable bonds is 9. The van der Waals surface area contributed by atoms with Gasteiger partial charge in [0.2, 0.25) is 5.91 Å². The van der Waals surface area contributed by atoms with Crippen molar-refractivity contribution in [1.29, 1.82) is 0 Å². The molecule has 48 heavy (non-hydrogen) atoms. The SMILES string of the molecule is CCOC(=O)c1c(NC(=O)C(Sc2cccc(NC(=O)c3ccc(F)cc3)c2)c2ccccc2)sc2c1CCN(C(=O)OC(C)(C)C)C2. The van der Waals surface area contributed by atoms with Gasteiger partial charge in [-0.25, -0.2) is 14.0 Å². The minimum atomic E-state index is -0.735. The van der Waals surface area contributed by atoms with Crippen LogP contribution in [0.4, 0.5) is 19.9 Å². The van der Waals surface area contributed by atoms with Crippen molar-refractivity contribution >= 4 is 57.7 Å². The van der Waals surface area contributed by atoms with E-state index < -0.39 is 34.6 Å². The summed E-state index contributed by atoms with van der Waals surface area (Å²) in [5.41, 5.74) is 1.95. The lowest BCUT2D eigenvalue weighted by molar-refractivity contribution is -0.115. The number of nitrogens with one attached hydrogen (secondary N) is 2. The molecule has 0 aliphatic carbocycles. The standard InChI is InChI=1S/C36H36FN3O6S2/c1-5-45-34(43)29-27-18-19-40(35(44)46-36(2,3)4)21-28(27)48-33(29)39-32(42)30(22-10-7-6-8-11-22)47-26-13-9-12-25(20-26)38-31(41)23-14-16-24(37)17-15-23/h6-17,20,30H,5,18-19,21H2,1-4H3,(H,38,41)(H,39,42). The Bertz CT molecular complexity index is 1800. The molecule has 0 spiro atoms. The molecule has 5 rings (SSSR count). The van der Waals surface area contributed by atoms with Crippen LogP contribution in [0, 0.1) is 5.82 Å². The molecule has 2 N–H and O–H groups in total. The molecule has 3 amide bonds. The van der Waals surface area contributed by atoms with Crippen LogP contribution in [-0.2, 0) is 27.2 Å². The molecule has 2 heterocycles. The van der Waals surface area contributed by atoms with E-state index in [1.54, 1.807) is 50.8 Å². The van der Waals surface area contributed by atoms with Gasteiger partial charge in [0.25, 0.3) is 5.91 Å². The summed E-state index contributed by atoms with van der Waals surface area (Å²) in [6, 6.07) is 21.6.